The van der Waals surface area contributed by atoms with Crippen LogP contribution in [0.4, 0.5) is 0 Å². The lowest BCUT2D eigenvalue weighted by atomic mass is 10.3. The highest BCUT2D eigenvalue weighted by Gasteiger charge is 1.97. The third-order valence-electron chi connectivity index (χ3n) is 1.43. The largest absolute Gasteiger partial charge is 0.492 e. The monoisotopic (exact) mass is 233 g/mol. The lowest BCUT2D eigenvalue weighted by molar-refractivity contribution is 0.325. The molecule has 0 aliphatic rings. The van der Waals surface area contributed by atoms with Crippen LogP contribution >= 0.6 is 23.2 Å². The van der Waals surface area contributed by atoms with Crippen LogP contribution in [0.3, 0.4) is 0 Å². The molecule has 2 nitrogen and oxygen atoms in total. The maximum atomic E-state index is 5.49. The van der Waals surface area contributed by atoms with Gasteiger partial charge in [0.2, 0.25) is 0 Å². The van der Waals surface area contributed by atoms with Crippen LogP contribution in [0.2, 0.25) is 0 Å². The fourth-order valence-electron chi connectivity index (χ4n) is 0.909. The van der Waals surface area contributed by atoms with Gasteiger partial charge in [-0.15, -0.1) is 23.2 Å². The number of benzene rings is 1. The Balaban J connectivity index is 2.50. The molecule has 0 spiro atoms. The molecule has 4 heteroatoms. The van der Waals surface area contributed by atoms with Crippen LogP contribution in [0.15, 0.2) is 18.2 Å². The molecule has 1 aromatic carbocycles. The molecule has 1 aromatic rings. The first kappa shape index (κ1) is 11.5. The summed E-state index contributed by atoms with van der Waals surface area (Å²) in [5.74, 6) is 2.34. The zero-order valence-electron chi connectivity index (χ0n) is 7.63. The highest BCUT2D eigenvalue weighted by Crippen LogP contribution is 2.18. The quantitative estimate of drug-likeness (QED) is 0.704. The molecule has 0 atom stereocenters. The zero-order valence-corrected chi connectivity index (χ0v) is 9.14. The van der Waals surface area contributed by atoms with Gasteiger partial charge in [0, 0.05) is 6.07 Å². The number of hydrogen-bond acceptors (Lipinski definition) is 2. The third kappa shape index (κ3) is 4.07. The summed E-state index contributed by atoms with van der Waals surface area (Å²) in [6.45, 7) is 0.961. The predicted octanol–water partition coefficient (Wildman–Crippen LogP) is 2.72. The molecule has 0 N–H and O–H groups in total. The Morgan fingerprint density at radius 1 is 1.00 bits per heavy atom. The second-order valence-electron chi connectivity index (χ2n) is 2.48. The van der Waals surface area contributed by atoms with E-state index in [1.807, 2.05) is 0 Å². The Kier molecular flexibility index (Phi) is 5.57. The Hall–Kier alpha value is -0.600. The first-order valence-electron chi connectivity index (χ1n) is 4.25. The van der Waals surface area contributed by atoms with E-state index in [0.717, 1.165) is 0 Å². The Morgan fingerprint density at radius 2 is 1.50 bits per heavy atom. The normalized spacial score (nSPS) is 9.86. The minimum Gasteiger partial charge on any atom is -0.492 e. The summed E-state index contributed by atoms with van der Waals surface area (Å²) in [4.78, 5) is 0. The second-order valence-corrected chi connectivity index (χ2v) is 3.24. The number of ether oxygens (including phenoxy) is 2. The van der Waals surface area contributed by atoms with Crippen molar-refractivity contribution >= 4 is 23.2 Å². The van der Waals surface area contributed by atoms with E-state index in [9.17, 15) is 0 Å². The van der Waals surface area contributed by atoms with E-state index >= 15 is 0 Å². The highest BCUT2D eigenvalue weighted by atomic mass is 35.5. The molecule has 0 amide bonds. The van der Waals surface area contributed by atoms with Crippen molar-refractivity contribution < 1.29 is 9.47 Å². The fourth-order valence-corrected chi connectivity index (χ4v) is 1.06. The molecular weight excluding hydrogens is 223 g/mol. The van der Waals surface area contributed by atoms with Gasteiger partial charge in [0.1, 0.15) is 24.7 Å². The van der Waals surface area contributed by atoms with Gasteiger partial charge in [0.15, 0.2) is 0 Å². The van der Waals surface area contributed by atoms with Crippen molar-refractivity contribution in [1.82, 2.24) is 0 Å². The van der Waals surface area contributed by atoms with Crippen molar-refractivity contribution in [3.63, 3.8) is 0 Å². The summed E-state index contributed by atoms with van der Waals surface area (Å²) in [7, 11) is 0. The van der Waals surface area contributed by atoms with Gasteiger partial charge in [-0.1, -0.05) is 0 Å². The van der Waals surface area contributed by atoms with Gasteiger partial charge in [-0.2, -0.15) is 0 Å². The van der Waals surface area contributed by atoms with Crippen molar-refractivity contribution in [2.45, 2.75) is 0 Å². The van der Waals surface area contributed by atoms with Crippen LogP contribution in [-0.4, -0.2) is 25.0 Å². The van der Waals surface area contributed by atoms with Crippen molar-refractivity contribution in [2.75, 3.05) is 25.0 Å². The fraction of sp³-hybridized carbons (Fsp3) is 0.400. The maximum absolute atomic E-state index is 5.49. The van der Waals surface area contributed by atoms with Crippen LogP contribution in [-0.2, 0) is 0 Å². The molecule has 0 bridgehead atoms. The van der Waals surface area contributed by atoms with Crippen LogP contribution in [0.25, 0.3) is 0 Å². The third-order valence-corrected chi connectivity index (χ3v) is 1.74. The number of hydrogen-bond donors (Lipinski definition) is 0. The van der Waals surface area contributed by atoms with Crippen molar-refractivity contribution in [3.8, 4) is 11.5 Å². The molecule has 0 aliphatic heterocycles. The summed E-state index contributed by atoms with van der Waals surface area (Å²) in [6, 6.07) is 8.17. The molecule has 0 saturated heterocycles. The van der Waals surface area contributed by atoms with Gasteiger partial charge in [-0.05, 0) is 18.2 Å². The van der Waals surface area contributed by atoms with E-state index in [2.05, 4.69) is 6.07 Å². The SMILES string of the molecule is ClCCOc1c[c]cc(OCCCl)c1. The Bertz CT molecular complexity index is 243. The van der Waals surface area contributed by atoms with Crippen molar-refractivity contribution in [1.29, 1.82) is 0 Å². The number of halogens is 2. The first-order chi connectivity index (χ1) is 6.86. The van der Waals surface area contributed by atoms with Gasteiger partial charge < -0.3 is 9.47 Å². The molecule has 0 aliphatic carbocycles. The maximum Gasteiger partial charge on any atom is 0.123 e. The smallest absolute Gasteiger partial charge is 0.123 e. The Morgan fingerprint density at radius 3 is 1.93 bits per heavy atom. The van der Waals surface area contributed by atoms with Gasteiger partial charge in [0.25, 0.3) is 0 Å². The van der Waals surface area contributed by atoms with E-state index < -0.39 is 0 Å². The molecule has 0 heterocycles. The minimum atomic E-state index is 0.465. The van der Waals surface area contributed by atoms with Gasteiger partial charge in [0.05, 0.1) is 11.8 Å². The summed E-state index contributed by atoms with van der Waals surface area (Å²) in [5.41, 5.74) is 0. The lowest BCUT2D eigenvalue weighted by Crippen LogP contribution is -2.00. The summed E-state index contributed by atoms with van der Waals surface area (Å²) in [6.07, 6.45) is 0. The van der Waals surface area contributed by atoms with Gasteiger partial charge in [-0.3, -0.25) is 0 Å². The molecule has 0 fully saturated rings. The van der Waals surface area contributed by atoms with Crippen LogP contribution in [0, 0.1) is 6.07 Å². The van der Waals surface area contributed by atoms with Crippen molar-refractivity contribution in [2.24, 2.45) is 0 Å². The predicted molar refractivity (Wildman–Crippen MR) is 57.7 cm³/mol. The van der Waals surface area contributed by atoms with Crippen LogP contribution in [0.5, 0.6) is 11.5 Å². The number of alkyl halides is 2. The molecule has 0 unspecified atom stereocenters. The van der Waals surface area contributed by atoms with E-state index in [4.69, 9.17) is 32.7 Å². The Labute approximate surface area is 93.7 Å². The average Bonchev–Trinajstić information content (AvgIpc) is 2.24. The molecule has 0 aromatic heterocycles. The van der Waals surface area contributed by atoms with Crippen molar-refractivity contribution in [3.05, 3.63) is 24.3 Å². The summed E-state index contributed by atoms with van der Waals surface area (Å²) >= 11 is 11.0. The van der Waals surface area contributed by atoms with Gasteiger partial charge >= 0.3 is 0 Å². The van der Waals surface area contributed by atoms with E-state index in [1.54, 1.807) is 18.2 Å². The van der Waals surface area contributed by atoms with E-state index in [1.165, 1.54) is 0 Å². The summed E-state index contributed by atoms with van der Waals surface area (Å²) in [5, 5.41) is 0. The molecular formula is C10H11Cl2O2. The molecule has 1 rings (SSSR count). The lowest BCUT2D eigenvalue weighted by Gasteiger charge is -2.07. The van der Waals surface area contributed by atoms with E-state index in [0.29, 0.717) is 36.5 Å². The standard InChI is InChI=1S/C10H11Cl2O2/c11-4-6-13-9-2-1-3-10(8-9)14-7-5-12/h2-3,8H,4-7H2. The first-order valence-corrected chi connectivity index (χ1v) is 5.32. The second kappa shape index (κ2) is 6.80. The molecule has 77 valence electrons. The molecule has 14 heavy (non-hydrogen) atoms. The number of rotatable bonds is 6. The van der Waals surface area contributed by atoms with E-state index in [-0.39, 0.29) is 0 Å². The highest BCUT2D eigenvalue weighted by molar-refractivity contribution is 6.18. The zero-order chi connectivity index (χ0) is 10.2. The van der Waals surface area contributed by atoms with Crippen LogP contribution in [0.1, 0.15) is 0 Å². The molecule has 0 saturated carbocycles. The van der Waals surface area contributed by atoms with Crippen LogP contribution < -0.4 is 9.47 Å². The molecule has 1 radical (unpaired) electrons. The minimum absolute atomic E-state index is 0.465. The summed E-state index contributed by atoms with van der Waals surface area (Å²) < 4.78 is 10.6. The topological polar surface area (TPSA) is 18.5 Å². The average molecular weight is 234 g/mol. The van der Waals surface area contributed by atoms with Gasteiger partial charge in [-0.25, -0.2) is 0 Å².